The summed E-state index contributed by atoms with van der Waals surface area (Å²) in [6.07, 6.45) is 0. The van der Waals surface area contributed by atoms with Crippen LogP contribution < -0.4 is 0 Å². The molecule has 1 N–H and O–H groups in total. The molecule has 0 unspecified atom stereocenters. The van der Waals surface area contributed by atoms with Gasteiger partial charge in [0.15, 0.2) is 0 Å². The van der Waals surface area contributed by atoms with Crippen LogP contribution in [0.25, 0.3) is 0 Å². The molecule has 0 spiro atoms. The van der Waals surface area contributed by atoms with E-state index in [4.69, 9.17) is 0 Å². The fourth-order valence-corrected chi connectivity index (χ4v) is 1.35. The van der Waals surface area contributed by atoms with Crippen molar-refractivity contribution < 1.29 is 19.4 Å². The second-order valence-electron chi connectivity index (χ2n) is 2.83. The molecule has 0 radical (unpaired) electrons. The van der Waals surface area contributed by atoms with Gasteiger partial charge in [0, 0.05) is 0 Å². The number of phenolic OH excluding ortho intramolecular Hbond substituents is 1. The highest BCUT2D eigenvalue weighted by Gasteiger charge is 2.33. The predicted molar refractivity (Wildman–Crippen MR) is 42.6 cm³/mol. The second kappa shape index (κ2) is 2.32. The number of hydrogen-bond acceptors (Lipinski definition) is 4. The predicted octanol–water partition coefficient (Wildman–Crippen LogP) is 1.01. The Labute approximate surface area is 73.8 Å². The first-order valence-corrected chi connectivity index (χ1v) is 3.70. The van der Waals surface area contributed by atoms with Crippen molar-refractivity contribution in [3.8, 4) is 5.75 Å². The van der Waals surface area contributed by atoms with Crippen LogP contribution in [0, 0.1) is 6.92 Å². The number of esters is 2. The molecule has 66 valence electrons. The van der Waals surface area contributed by atoms with Crippen molar-refractivity contribution in [2.24, 2.45) is 0 Å². The highest BCUT2D eigenvalue weighted by Crippen LogP contribution is 2.30. The number of aromatic hydroxyl groups is 1. The summed E-state index contributed by atoms with van der Waals surface area (Å²) in [5.74, 6) is -1.67. The quantitative estimate of drug-likeness (QED) is 0.475. The zero-order chi connectivity index (χ0) is 9.59. The summed E-state index contributed by atoms with van der Waals surface area (Å²) in [5.41, 5.74) is 0.777. The molecule has 0 fully saturated rings. The SMILES string of the molecule is Cc1ccc(O)c2c1C(=O)OC2=O. The maximum absolute atomic E-state index is 11.1. The molecule has 1 heterocycles. The lowest BCUT2D eigenvalue weighted by Crippen LogP contribution is -1.97. The van der Waals surface area contributed by atoms with Gasteiger partial charge in [-0.2, -0.15) is 0 Å². The van der Waals surface area contributed by atoms with Gasteiger partial charge < -0.3 is 9.84 Å². The Balaban J connectivity index is 2.81. The molecule has 0 aromatic heterocycles. The van der Waals surface area contributed by atoms with Gasteiger partial charge >= 0.3 is 11.9 Å². The summed E-state index contributed by atoms with van der Waals surface area (Å²) in [6.45, 7) is 1.68. The number of hydrogen-bond donors (Lipinski definition) is 1. The molecule has 13 heavy (non-hydrogen) atoms. The minimum Gasteiger partial charge on any atom is -0.507 e. The van der Waals surface area contributed by atoms with E-state index >= 15 is 0 Å². The van der Waals surface area contributed by atoms with Crippen LogP contribution in [0.2, 0.25) is 0 Å². The van der Waals surface area contributed by atoms with E-state index in [9.17, 15) is 14.7 Å². The topological polar surface area (TPSA) is 63.6 Å². The molecule has 1 aromatic rings. The number of benzene rings is 1. The number of cyclic esters (lactones) is 2. The largest absolute Gasteiger partial charge is 0.507 e. The van der Waals surface area contributed by atoms with Crippen LogP contribution in [0.15, 0.2) is 12.1 Å². The van der Waals surface area contributed by atoms with Crippen LogP contribution in [-0.4, -0.2) is 17.0 Å². The van der Waals surface area contributed by atoms with Crippen molar-refractivity contribution in [1.82, 2.24) is 0 Å². The maximum Gasteiger partial charge on any atom is 0.350 e. The third kappa shape index (κ3) is 0.917. The zero-order valence-corrected chi connectivity index (χ0v) is 6.83. The Morgan fingerprint density at radius 1 is 1.15 bits per heavy atom. The van der Waals surface area contributed by atoms with Gasteiger partial charge in [-0.3, -0.25) is 0 Å². The Hall–Kier alpha value is -1.84. The number of carbonyl (C=O) groups is 2. The van der Waals surface area contributed by atoms with Gasteiger partial charge in [0.2, 0.25) is 0 Å². The summed E-state index contributed by atoms with van der Waals surface area (Å²) >= 11 is 0. The number of aryl methyl sites for hydroxylation is 1. The molecular formula is C9H6O4. The van der Waals surface area contributed by atoms with E-state index in [0.717, 1.165) is 0 Å². The fraction of sp³-hybridized carbons (Fsp3) is 0.111. The molecule has 0 saturated carbocycles. The van der Waals surface area contributed by atoms with E-state index in [1.54, 1.807) is 13.0 Å². The Kier molecular flexibility index (Phi) is 1.39. The Bertz CT molecular complexity index is 381. The molecule has 2 rings (SSSR count). The standard InChI is InChI=1S/C9H6O4/c1-4-2-3-5(10)7-6(4)8(11)13-9(7)12/h2-3,10H,1H3. The smallest absolute Gasteiger partial charge is 0.350 e. The van der Waals surface area contributed by atoms with E-state index < -0.39 is 11.9 Å². The molecule has 1 aliphatic heterocycles. The van der Waals surface area contributed by atoms with Crippen molar-refractivity contribution in [3.63, 3.8) is 0 Å². The lowest BCUT2D eigenvalue weighted by atomic mass is 10.0. The van der Waals surface area contributed by atoms with Crippen molar-refractivity contribution in [1.29, 1.82) is 0 Å². The highest BCUT2D eigenvalue weighted by atomic mass is 16.6. The first-order chi connectivity index (χ1) is 6.11. The van der Waals surface area contributed by atoms with E-state index in [2.05, 4.69) is 4.74 Å². The Morgan fingerprint density at radius 3 is 2.38 bits per heavy atom. The fourth-order valence-electron chi connectivity index (χ4n) is 1.35. The minimum atomic E-state index is -0.777. The van der Waals surface area contributed by atoms with E-state index in [1.807, 2.05) is 0 Å². The van der Waals surface area contributed by atoms with Crippen molar-refractivity contribution in [2.75, 3.05) is 0 Å². The summed E-state index contributed by atoms with van der Waals surface area (Å²) in [5, 5.41) is 9.29. The number of fused-ring (bicyclic) bond motifs is 1. The summed E-state index contributed by atoms with van der Waals surface area (Å²) in [4.78, 5) is 22.1. The molecule has 1 aliphatic rings. The summed E-state index contributed by atoms with van der Waals surface area (Å²) in [6, 6.07) is 2.93. The highest BCUT2D eigenvalue weighted by molar-refractivity contribution is 6.16. The van der Waals surface area contributed by atoms with Crippen LogP contribution >= 0.6 is 0 Å². The van der Waals surface area contributed by atoms with Crippen molar-refractivity contribution >= 4 is 11.9 Å². The third-order valence-corrected chi connectivity index (χ3v) is 1.99. The number of ether oxygens (including phenoxy) is 1. The first-order valence-electron chi connectivity index (χ1n) is 3.70. The van der Waals surface area contributed by atoms with Crippen LogP contribution in [-0.2, 0) is 4.74 Å². The molecule has 0 atom stereocenters. The molecule has 4 nitrogen and oxygen atoms in total. The molecule has 0 amide bonds. The van der Waals surface area contributed by atoms with E-state index in [1.165, 1.54) is 6.07 Å². The summed E-state index contributed by atoms with van der Waals surface area (Å²) in [7, 11) is 0. The Morgan fingerprint density at radius 2 is 1.77 bits per heavy atom. The molecular weight excluding hydrogens is 172 g/mol. The average molecular weight is 178 g/mol. The number of carbonyl (C=O) groups excluding carboxylic acids is 2. The van der Waals surface area contributed by atoms with Gasteiger partial charge in [-0.15, -0.1) is 0 Å². The number of phenols is 1. The maximum atomic E-state index is 11.1. The van der Waals surface area contributed by atoms with Gasteiger partial charge in [0.1, 0.15) is 11.3 Å². The van der Waals surface area contributed by atoms with Crippen LogP contribution in [0.3, 0.4) is 0 Å². The second-order valence-corrected chi connectivity index (χ2v) is 2.83. The molecule has 0 aliphatic carbocycles. The van der Waals surface area contributed by atoms with Crippen LogP contribution in [0.4, 0.5) is 0 Å². The molecule has 0 saturated heterocycles. The zero-order valence-electron chi connectivity index (χ0n) is 6.83. The van der Waals surface area contributed by atoms with E-state index in [0.29, 0.717) is 5.56 Å². The normalized spacial score (nSPS) is 14.2. The first kappa shape index (κ1) is 7.79. The van der Waals surface area contributed by atoms with Crippen LogP contribution in [0.1, 0.15) is 26.3 Å². The van der Waals surface area contributed by atoms with Gasteiger partial charge in [-0.1, -0.05) is 6.07 Å². The molecule has 0 bridgehead atoms. The molecule has 1 aromatic carbocycles. The third-order valence-electron chi connectivity index (χ3n) is 1.99. The lowest BCUT2D eigenvalue weighted by Gasteiger charge is -1.99. The molecule has 4 heteroatoms. The minimum absolute atomic E-state index is 0.0231. The van der Waals surface area contributed by atoms with Gasteiger partial charge in [-0.25, -0.2) is 9.59 Å². The van der Waals surface area contributed by atoms with Crippen molar-refractivity contribution in [3.05, 3.63) is 28.8 Å². The van der Waals surface area contributed by atoms with Crippen LogP contribution in [0.5, 0.6) is 5.75 Å². The van der Waals surface area contributed by atoms with E-state index in [-0.39, 0.29) is 16.9 Å². The summed E-state index contributed by atoms with van der Waals surface area (Å²) < 4.78 is 4.36. The van der Waals surface area contributed by atoms with Gasteiger partial charge in [0.25, 0.3) is 0 Å². The lowest BCUT2D eigenvalue weighted by molar-refractivity contribution is 0.0443. The van der Waals surface area contributed by atoms with Crippen molar-refractivity contribution in [2.45, 2.75) is 6.92 Å². The monoisotopic (exact) mass is 178 g/mol. The van der Waals surface area contributed by atoms with Gasteiger partial charge in [0.05, 0.1) is 5.56 Å². The average Bonchev–Trinajstić information content (AvgIpc) is 2.36. The van der Waals surface area contributed by atoms with Gasteiger partial charge in [-0.05, 0) is 18.6 Å². The number of rotatable bonds is 0.